The van der Waals surface area contributed by atoms with Crippen molar-refractivity contribution in [1.82, 2.24) is 20.9 Å². The summed E-state index contributed by atoms with van der Waals surface area (Å²) in [6.07, 6.45) is 0. The van der Waals surface area contributed by atoms with E-state index in [-0.39, 0.29) is 37.6 Å². The molecular formula is C15H19F2N5O2. The van der Waals surface area contributed by atoms with Crippen molar-refractivity contribution < 1.29 is 18.4 Å². The zero-order valence-corrected chi connectivity index (χ0v) is 13.2. The minimum atomic E-state index is -0.532. The number of aliphatic imine (C=N–C) groups is 1. The maximum Gasteiger partial charge on any atom is 0.324 e. The van der Waals surface area contributed by atoms with Crippen molar-refractivity contribution >= 4 is 17.9 Å². The van der Waals surface area contributed by atoms with Crippen LogP contribution in [0.25, 0.3) is 0 Å². The summed E-state index contributed by atoms with van der Waals surface area (Å²) in [6.45, 7) is 2.87. The fraction of sp³-hybridized carbons (Fsp3) is 0.400. The van der Waals surface area contributed by atoms with Gasteiger partial charge in [-0.2, -0.15) is 0 Å². The van der Waals surface area contributed by atoms with Gasteiger partial charge in [-0.3, -0.25) is 9.69 Å². The fourth-order valence-electron chi connectivity index (χ4n) is 2.14. The normalized spacial score (nSPS) is 14.8. The molecule has 0 unspecified atom stereocenters. The Morgan fingerprint density at radius 2 is 2.12 bits per heavy atom. The number of carbonyl (C=O) groups excluding carboxylic acids is 2. The second-order valence-corrected chi connectivity index (χ2v) is 5.06. The Labute approximate surface area is 138 Å². The Morgan fingerprint density at radius 1 is 1.33 bits per heavy atom. The molecule has 24 heavy (non-hydrogen) atoms. The number of rotatable bonds is 6. The topological polar surface area (TPSA) is 85.8 Å². The third kappa shape index (κ3) is 4.64. The third-order valence-corrected chi connectivity index (χ3v) is 3.32. The van der Waals surface area contributed by atoms with E-state index in [1.54, 1.807) is 0 Å². The van der Waals surface area contributed by atoms with Gasteiger partial charge in [0.25, 0.3) is 0 Å². The molecule has 0 aliphatic carbocycles. The summed E-state index contributed by atoms with van der Waals surface area (Å²) < 4.78 is 26.7. The van der Waals surface area contributed by atoms with Crippen molar-refractivity contribution in [3.05, 3.63) is 35.4 Å². The zero-order chi connectivity index (χ0) is 17.5. The highest BCUT2D eigenvalue weighted by atomic mass is 19.1. The van der Waals surface area contributed by atoms with Gasteiger partial charge in [-0.15, -0.1) is 0 Å². The molecule has 0 spiro atoms. The predicted octanol–water partition coefficient (Wildman–Crippen LogP) is 0.572. The summed E-state index contributed by atoms with van der Waals surface area (Å²) in [5.41, 5.74) is 0.140. The van der Waals surface area contributed by atoms with Crippen LogP contribution in [0.5, 0.6) is 0 Å². The highest BCUT2D eigenvalue weighted by Crippen LogP contribution is 2.10. The molecule has 1 saturated heterocycles. The van der Waals surface area contributed by atoms with Crippen LogP contribution in [0.4, 0.5) is 13.6 Å². The zero-order valence-electron chi connectivity index (χ0n) is 13.2. The van der Waals surface area contributed by atoms with Crippen LogP contribution in [-0.2, 0) is 11.3 Å². The fourth-order valence-corrected chi connectivity index (χ4v) is 2.14. The van der Waals surface area contributed by atoms with E-state index in [0.29, 0.717) is 12.5 Å². The Bertz CT molecular complexity index is 635. The van der Waals surface area contributed by atoms with Crippen molar-refractivity contribution in [3.8, 4) is 0 Å². The van der Waals surface area contributed by atoms with Crippen LogP contribution in [0.2, 0.25) is 0 Å². The summed E-state index contributed by atoms with van der Waals surface area (Å²) >= 11 is 0. The average molecular weight is 339 g/mol. The number of hydrogen-bond donors (Lipinski definition) is 3. The molecule has 130 valence electrons. The van der Waals surface area contributed by atoms with E-state index in [1.807, 2.05) is 6.92 Å². The number of guanidine groups is 1. The van der Waals surface area contributed by atoms with Crippen LogP contribution in [0, 0.1) is 11.6 Å². The number of urea groups is 1. The number of halogens is 2. The first kappa shape index (κ1) is 17.6. The second kappa shape index (κ2) is 8.23. The Balaban J connectivity index is 1.92. The van der Waals surface area contributed by atoms with E-state index in [4.69, 9.17) is 0 Å². The smallest absolute Gasteiger partial charge is 0.324 e. The molecule has 0 saturated carbocycles. The van der Waals surface area contributed by atoms with Gasteiger partial charge in [0.05, 0.1) is 13.1 Å². The third-order valence-electron chi connectivity index (χ3n) is 3.32. The largest absolute Gasteiger partial charge is 0.357 e. The Hall–Kier alpha value is -2.71. The molecule has 7 nitrogen and oxygen atoms in total. The highest BCUT2D eigenvalue weighted by molar-refractivity contribution is 6.01. The van der Waals surface area contributed by atoms with E-state index in [2.05, 4.69) is 20.9 Å². The number of carbonyl (C=O) groups is 2. The summed E-state index contributed by atoms with van der Waals surface area (Å²) in [5.74, 6) is -0.966. The lowest BCUT2D eigenvalue weighted by molar-refractivity contribution is -0.124. The molecule has 1 aliphatic rings. The molecule has 0 radical (unpaired) electrons. The maximum atomic E-state index is 13.6. The minimum Gasteiger partial charge on any atom is -0.357 e. The van der Waals surface area contributed by atoms with E-state index in [1.165, 1.54) is 0 Å². The Kier molecular flexibility index (Phi) is 6.05. The van der Waals surface area contributed by atoms with Crippen LogP contribution in [0.1, 0.15) is 12.5 Å². The summed E-state index contributed by atoms with van der Waals surface area (Å²) in [7, 11) is 0. The van der Waals surface area contributed by atoms with Crippen LogP contribution in [-0.4, -0.2) is 49.0 Å². The molecule has 1 aliphatic heterocycles. The molecule has 1 fully saturated rings. The van der Waals surface area contributed by atoms with Crippen LogP contribution in [0.3, 0.4) is 0 Å². The molecule has 0 bridgehead atoms. The molecule has 2 rings (SSSR count). The van der Waals surface area contributed by atoms with Crippen LogP contribution < -0.4 is 16.0 Å². The monoisotopic (exact) mass is 339 g/mol. The molecule has 3 N–H and O–H groups in total. The number of nitrogens with zero attached hydrogens (tertiary/aromatic N) is 2. The lowest BCUT2D eigenvalue weighted by Gasteiger charge is -2.15. The van der Waals surface area contributed by atoms with Crippen molar-refractivity contribution in [2.75, 3.05) is 26.2 Å². The lowest BCUT2D eigenvalue weighted by Crippen LogP contribution is -2.43. The number of nitrogens with one attached hydrogen (secondary N) is 3. The van der Waals surface area contributed by atoms with Gasteiger partial charge in [-0.1, -0.05) is 0 Å². The van der Waals surface area contributed by atoms with Gasteiger partial charge in [-0.05, 0) is 25.1 Å². The molecule has 0 aromatic heterocycles. The van der Waals surface area contributed by atoms with Crippen molar-refractivity contribution in [1.29, 1.82) is 0 Å². The van der Waals surface area contributed by atoms with Crippen molar-refractivity contribution in [2.45, 2.75) is 13.5 Å². The van der Waals surface area contributed by atoms with Gasteiger partial charge in [-0.25, -0.2) is 18.6 Å². The van der Waals surface area contributed by atoms with E-state index in [0.717, 1.165) is 23.1 Å². The molecule has 1 aromatic carbocycles. The second-order valence-electron chi connectivity index (χ2n) is 5.06. The molecule has 0 atom stereocenters. The SMILES string of the molecule is CCNC(=NCc1cc(F)ccc1F)NCCN1C(=O)CNC1=O. The molecule has 9 heteroatoms. The average Bonchev–Trinajstić information content (AvgIpc) is 2.87. The van der Waals surface area contributed by atoms with Gasteiger partial charge < -0.3 is 16.0 Å². The van der Waals surface area contributed by atoms with Gasteiger partial charge >= 0.3 is 6.03 Å². The van der Waals surface area contributed by atoms with Gasteiger partial charge in [0.1, 0.15) is 11.6 Å². The Morgan fingerprint density at radius 3 is 2.79 bits per heavy atom. The van der Waals surface area contributed by atoms with Crippen LogP contribution in [0.15, 0.2) is 23.2 Å². The summed E-state index contributed by atoms with van der Waals surface area (Å²) in [6, 6.07) is 2.77. The predicted molar refractivity (Wildman–Crippen MR) is 84.3 cm³/mol. The maximum absolute atomic E-state index is 13.6. The van der Waals surface area contributed by atoms with Gasteiger partial charge in [0, 0.05) is 25.2 Å². The molecular weight excluding hydrogens is 320 g/mol. The standard InChI is InChI=1S/C15H19F2N5O2/c1-2-18-14(19-5-6-22-13(23)9-21-15(22)24)20-8-10-7-11(16)3-4-12(10)17/h3-4,7H,2,5-6,8-9H2,1H3,(H,21,24)(H2,18,19,20). The minimum absolute atomic E-state index is 0.00579. The molecule has 1 heterocycles. The van der Waals surface area contributed by atoms with E-state index >= 15 is 0 Å². The summed E-state index contributed by atoms with van der Waals surface area (Å²) in [4.78, 5) is 28.1. The van der Waals surface area contributed by atoms with Crippen molar-refractivity contribution in [2.24, 2.45) is 4.99 Å². The number of hydrogen-bond acceptors (Lipinski definition) is 3. The van der Waals surface area contributed by atoms with Gasteiger partial charge in [0.2, 0.25) is 5.91 Å². The van der Waals surface area contributed by atoms with Crippen LogP contribution >= 0.6 is 0 Å². The first-order chi connectivity index (χ1) is 11.5. The van der Waals surface area contributed by atoms with E-state index in [9.17, 15) is 18.4 Å². The number of benzene rings is 1. The van der Waals surface area contributed by atoms with Crippen molar-refractivity contribution in [3.63, 3.8) is 0 Å². The first-order valence-corrected chi connectivity index (χ1v) is 7.55. The highest BCUT2D eigenvalue weighted by Gasteiger charge is 2.27. The quantitative estimate of drug-likeness (QED) is 0.402. The number of amides is 3. The number of imide groups is 1. The van der Waals surface area contributed by atoms with Gasteiger partial charge in [0.15, 0.2) is 5.96 Å². The van der Waals surface area contributed by atoms with E-state index < -0.39 is 17.7 Å². The lowest BCUT2D eigenvalue weighted by atomic mass is 10.2. The molecule has 1 aromatic rings. The molecule has 3 amide bonds. The first-order valence-electron chi connectivity index (χ1n) is 7.55. The summed E-state index contributed by atoms with van der Waals surface area (Å²) in [5, 5.41) is 8.32.